The number of aliphatic hydroxyl groups is 1. The second-order valence-corrected chi connectivity index (χ2v) is 7.98. The van der Waals surface area contributed by atoms with Crippen molar-refractivity contribution >= 4 is 29.0 Å². The first kappa shape index (κ1) is 18.4. The van der Waals surface area contributed by atoms with Crippen LogP contribution in [0, 0.1) is 5.82 Å². The van der Waals surface area contributed by atoms with E-state index in [-0.39, 0.29) is 11.7 Å². The molecule has 1 amide bonds. The molecule has 2 heterocycles. The van der Waals surface area contributed by atoms with Gasteiger partial charge in [0.1, 0.15) is 11.9 Å². The molecule has 0 radical (unpaired) electrons. The quantitative estimate of drug-likeness (QED) is 0.783. The number of hydrogen-bond donors (Lipinski definition) is 1. The van der Waals surface area contributed by atoms with Gasteiger partial charge >= 0.3 is 0 Å². The Labute approximate surface area is 155 Å². The third-order valence-electron chi connectivity index (χ3n) is 4.20. The maximum absolute atomic E-state index is 12.9. The summed E-state index contributed by atoms with van der Waals surface area (Å²) in [5, 5.41) is 12.2. The van der Waals surface area contributed by atoms with Gasteiger partial charge in [-0.15, -0.1) is 23.1 Å². The van der Waals surface area contributed by atoms with E-state index < -0.39 is 6.10 Å². The lowest BCUT2D eigenvalue weighted by Crippen LogP contribution is -2.50. The molecule has 0 bridgehead atoms. The number of aliphatic hydroxyl groups excluding tert-OH is 1. The fraction of sp³-hybridized carbons (Fsp3) is 0.389. The summed E-state index contributed by atoms with van der Waals surface area (Å²) >= 11 is 2.99. The van der Waals surface area contributed by atoms with Gasteiger partial charge in [-0.1, -0.05) is 6.07 Å². The van der Waals surface area contributed by atoms with Crippen LogP contribution >= 0.6 is 23.1 Å². The predicted molar refractivity (Wildman–Crippen MR) is 99.4 cm³/mol. The third kappa shape index (κ3) is 5.28. The number of rotatable bonds is 6. The van der Waals surface area contributed by atoms with Crippen LogP contribution in [0.5, 0.6) is 0 Å². The minimum absolute atomic E-state index is 0.104. The maximum atomic E-state index is 12.9. The Morgan fingerprint density at radius 1 is 1.20 bits per heavy atom. The summed E-state index contributed by atoms with van der Waals surface area (Å²) in [5.74, 6) is 0.202. The molecular weight excluding hydrogens is 359 g/mol. The monoisotopic (exact) mass is 380 g/mol. The molecule has 2 aromatic rings. The fourth-order valence-electron chi connectivity index (χ4n) is 2.76. The molecule has 3 rings (SSSR count). The molecule has 0 spiro atoms. The molecule has 1 N–H and O–H groups in total. The lowest BCUT2D eigenvalue weighted by molar-refractivity contribution is -0.130. The molecular formula is C18H21FN2O2S2. The number of piperazine rings is 1. The van der Waals surface area contributed by atoms with Gasteiger partial charge in [-0.2, -0.15) is 0 Å². The van der Waals surface area contributed by atoms with Gasteiger partial charge in [0.15, 0.2) is 0 Å². The molecule has 1 aromatic carbocycles. The Bertz CT molecular complexity index is 671. The van der Waals surface area contributed by atoms with Crippen LogP contribution in [0.25, 0.3) is 0 Å². The van der Waals surface area contributed by atoms with E-state index in [1.165, 1.54) is 23.9 Å². The predicted octanol–water partition coefficient (Wildman–Crippen LogP) is 2.86. The van der Waals surface area contributed by atoms with Gasteiger partial charge < -0.3 is 10.0 Å². The second-order valence-electron chi connectivity index (χ2n) is 5.96. The summed E-state index contributed by atoms with van der Waals surface area (Å²) in [5.41, 5.74) is 0. The van der Waals surface area contributed by atoms with Gasteiger partial charge in [0, 0.05) is 42.5 Å². The highest BCUT2D eigenvalue weighted by Crippen LogP contribution is 2.21. The zero-order valence-corrected chi connectivity index (χ0v) is 15.4. The molecule has 7 heteroatoms. The number of thioether (sulfide) groups is 1. The van der Waals surface area contributed by atoms with Crippen LogP contribution < -0.4 is 0 Å². The molecule has 1 aromatic heterocycles. The van der Waals surface area contributed by atoms with E-state index in [0.29, 0.717) is 25.4 Å². The van der Waals surface area contributed by atoms with Crippen molar-refractivity contribution in [2.45, 2.75) is 11.0 Å². The summed E-state index contributed by atoms with van der Waals surface area (Å²) in [4.78, 5) is 18.3. The van der Waals surface area contributed by atoms with E-state index in [0.717, 1.165) is 22.9 Å². The summed E-state index contributed by atoms with van der Waals surface area (Å²) < 4.78 is 12.9. The highest BCUT2D eigenvalue weighted by Gasteiger charge is 2.23. The first-order valence-electron chi connectivity index (χ1n) is 8.22. The van der Waals surface area contributed by atoms with Gasteiger partial charge in [0.25, 0.3) is 0 Å². The van der Waals surface area contributed by atoms with Gasteiger partial charge in [0.2, 0.25) is 5.91 Å². The van der Waals surface area contributed by atoms with Crippen molar-refractivity contribution in [1.82, 2.24) is 9.80 Å². The molecule has 134 valence electrons. The van der Waals surface area contributed by atoms with Crippen molar-refractivity contribution in [2.75, 3.05) is 38.5 Å². The molecule has 1 saturated heterocycles. The number of hydrogen-bond acceptors (Lipinski definition) is 5. The zero-order valence-electron chi connectivity index (χ0n) is 13.8. The minimum Gasteiger partial charge on any atom is -0.386 e. The molecule has 1 aliphatic heterocycles. The van der Waals surface area contributed by atoms with E-state index in [9.17, 15) is 14.3 Å². The molecule has 1 atom stereocenters. The molecule has 0 aliphatic carbocycles. The van der Waals surface area contributed by atoms with E-state index >= 15 is 0 Å². The van der Waals surface area contributed by atoms with Gasteiger partial charge in [-0.25, -0.2) is 4.39 Å². The molecule has 4 nitrogen and oxygen atoms in total. The number of nitrogens with zero attached hydrogens (tertiary/aromatic N) is 2. The van der Waals surface area contributed by atoms with Crippen LogP contribution in [0.15, 0.2) is 46.7 Å². The number of carbonyl (C=O) groups is 1. The number of carbonyl (C=O) groups excluding carboxylic acids is 1. The lowest BCUT2D eigenvalue weighted by Gasteiger charge is -2.35. The van der Waals surface area contributed by atoms with Crippen molar-refractivity contribution in [3.63, 3.8) is 0 Å². The van der Waals surface area contributed by atoms with Crippen LogP contribution in [0.2, 0.25) is 0 Å². The summed E-state index contributed by atoms with van der Waals surface area (Å²) in [6, 6.07) is 10.1. The first-order chi connectivity index (χ1) is 12.1. The van der Waals surface area contributed by atoms with E-state index in [2.05, 4.69) is 4.90 Å². The largest absolute Gasteiger partial charge is 0.386 e. The fourth-order valence-corrected chi connectivity index (χ4v) is 4.27. The zero-order chi connectivity index (χ0) is 17.6. The molecule has 1 fully saturated rings. The number of halogens is 1. The average molecular weight is 381 g/mol. The summed E-state index contributed by atoms with van der Waals surface area (Å²) in [6.07, 6.45) is -0.462. The Hall–Kier alpha value is -1.41. The highest BCUT2D eigenvalue weighted by molar-refractivity contribution is 8.00. The van der Waals surface area contributed by atoms with Crippen LogP contribution in [-0.4, -0.2) is 59.3 Å². The topological polar surface area (TPSA) is 43.8 Å². The SMILES string of the molecule is O=C(CSc1ccc(F)cc1)N1CCN(CC(O)c2cccs2)CC1. The van der Waals surface area contributed by atoms with Crippen LogP contribution in [0.1, 0.15) is 11.0 Å². The van der Waals surface area contributed by atoms with Crippen molar-refractivity contribution < 1.29 is 14.3 Å². The standard InChI is InChI=1S/C18H21FN2O2S2/c19-14-3-5-15(6-4-14)25-13-18(23)21-9-7-20(8-10-21)12-16(22)17-2-1-11-24-17/h1-6,11,16,22H,7-10,12-13H2. The van der Waals surface area contributed by atoms with Crippen molar-refractivity contribution in [3.05, 3.63) is 52.5 Å². The van der Waals surface area contributed by atoms with Crippen LogP contribution in [0.3, 0.4) is 0 Å². The Kier molecular flexibility index (Phi) is 6.47. The van der Waals surface area contributed by atoms with Crippen molar-refractivity contribution in [2.24, 2.45) is 0 Å². The first-order valence-corrected chi connectivity index (χ1v) is 10.1. The number of amides is 1. The normalized spacial score (nSPS) is 16.8. The third-order valence-corrected chi connectivity index (χ3v) is 6.17. The number of β-amino-alcohol motifs (C(OH)–C–C–N with tert-alkyl or cyclic N) is 1. The van der Waals surface area contributed by atoms with E-state index in [1.54, 1.807) is 23.5 Å². The Balaban J connectivity index is 1.40. The Morgan fingerprint density at radius 3 is 2.56 bits per heavy atom. The van der Waals surface area contributed by atoms with E-state index in [4.69, 9.17) is 0 Å². The Morgan fingerprint density at radius 2 is 1.92 bits per heavy atom. The van der Waals surface area contributed by atoms with Crippen molar-refractivity contribution in [3.8, 4) is 0 Å². The molecule has 0 saturated carbocycles. The van der Waals surface area contributed by atoms with E-state index in [1.807, 2.05) is 22.4 Å². The highest BCUT2D eigenvalue weighted by atomic mass is 32.2. The maximum Gasteiger partial charge on any atom is 0.233 e. The smallest absolute Gasteiger partial charge is 0.233 e. The lowest BCUT2D eigenvalue weighted by atomic mass is 10.2. The molecule has 25 heavy (non-hydrogen) atoms. The van der Waals surface area contributed by atoms with Crippen LogP contribution in [0.4, 0.5) is 4.39 Å². The molecule has 1 aliphatic rings. The minimum atomic E-state index is -0.462. The van der Waals surface area contributed by atoms with Crippen molar-refractivity contribution in [1.29, 1.82) is 0 Å². The summed E-state index contributed by atoms with van der Waals surface area (Å²) in [6.45, 7) is 3.51. The van der Waals surface area contributed by atoms with Gasteiger partial charge in [-0.05, 0) is 35.7 Å². The molecule has 1 unspecified atom stereocenters. The second kappa shape index (κ2) is 8.80. The number of thiophene rings is 1. The number of benzene rings is 1. The van der Waals surface area contributed by atoms with Crippen LogP contribution in [-0.2, 0) is 4.79 Å². The van der Waals surface area contributed by atoms with Gasteiger partial charge in [-0.3, -0.25) is 9.69 Å². The summed E-state index contributed by atoms with van der Waals surface area (Å²) in [7, 11) is 0. The average Bonchev–Trinajstić information content (AvgIpc) is 3.16. The van der Waals surface area contributed by atoms with Gasteiger partial charge in [0.05, 0.1) is 5.75 Å².